The van der Waals surface area contributed by atoms with E-state index < -0.39 is 0 Å². The van der Waals surface area contributed by atoms with Gasteiger partial charge >= 0.3 is 0 Å². The van der Waals surface area contributed by atoms with Gasteiger partial charge in [-0.1, -0.05) is 6.92 Å². The second kappa shape index (κ2) is 7.07. The van der Waals surface area contributed by atoms with E-state index in [0.29, 0.717) is 6.42 Å². The van der Waals surface area contributed by atoms with Crippen molar-refractivity contribution in [3.8, 4) is 28.6 Å². The molecule has 0 amide bonds. The van der Waals surface area contributed by atoms with Crippen molar-refractivity contribution in [2.24, 2.45) is 7.05 Å². The lowest BCUT2D eigenvalue weighted by Crippen LogP contribution is -2.62. The van der Waals surface area contributed by atoms with Crippen LogP contribution in [0.25, 0.3) is 28.0 Å². The van der Waals surface area contributed by atoms with Gasteiger partial charge < -0.3 is 0 Å². The van der Waals surface area contributed by atoms with Crippen LogP contribution in [0.3, 0.4) is 0 Å². The molecule has 0 aromatic carbocycles. The molecule has 0 N–H and O–H groups in total. The molecule has 0 bridgehead atoms. The molecule has 1 aliphatic heterocycles. The first-order valence-electron chi connectivity index (χ1n) is 10.1. The van der Waals surface area contributed by atoms with Crippen LogP contribution in [0, 0.1) is 11.3 Å². The van der Waals surface area contributed by atoms with Crippen LogP contribution in [0.15, 0.2) is 43.2 Å². The number of aryl methyl sites for hydroxylation is 1. The smallest absolute Gasteiger partial charge is 0.101 e. The van der Waals surface area contributed by atoms with E-state index in [0.717, 1.165) is 54.1 Å². The third-order valence-electron chi connectivity index (χ3n) is 5.72. The van der Waals surface area contributed by atoms with Crippen LogP contribution in [-0.4, -0.2) is 58.7 Å². The highest BCUT2D eigenvalue weighted by Crippen LogP contribution is 2.34. The number of nitrogens with zero attached hydrogens (tertiary/aromatic N) is 9. The van der Waals surface area contributed by atoms with Gasteiger partial charge in [0.15, 0.2) is 0 Å². The minimum Gasteiger partial charge on any atom is -0.298 e. The van der Waals surface area contributed by atoms with Gasteiger partial charge in [0.2, 0.25) is 0 Å². The van der Waals surface area contributed by atoms with E-state index in [4.69, 9.17) is 4.98 Å². The molecule has 4 aromatic heterocycles. The molecule has 0 unspecified atom stereocenters. The Balaban J connectivity index is 1.55. The van der Waals surface area contributed by atoms with Crippen molar-refractivity contribution in [2.45, 2.75) is 25.3 Å². The van der Waals surface area contributed by atoms with Crippen molar-refractivity contribution >= 4 is 5.52 Å². The summed E-state index contributed by atoms with van der Waals surface area (Å²) in [5.41, 5.74) is 4.11. The van der Waals surface area contributed by atoms with Gasteiger partial charge in [0.05, 0.1) is 54.2 Å². The van der Waals surface area contributed by atoms with Crippen molar-refractivity contribution in [3.63, 3.8) is 0 Å². The molecule has 0 atom stereocenters. The van der Waals surface area contributed by atoms with E-state index in [1.165, 1.54) is 0 Å². The average Bonchev–Trinajstić information content (AvgIpc) is 3.45. The molecule has 30 heavy (non-hydrogen) atoms. The van der Waals surface area contributed by atoms with Crippen molar-refractivity contribution in [1.82, 2.24) is 39.1 Å². The first kappa shape index (κ1) is 18.5. The Kier molecular flexibility index (Phi) is 4.37. The molecule has 0 saturated carbocycles. The molecule has 5 heterocycles. The quantitative estimate of drug-likeness (QED) is 0.492. The van der Waals surface area contributed by atoms with Crippen LogP contribution in [0.4, 0.5) is 0 Å². The van der Waals surface area contributed by atoms with E-state index in [-0.39, 0.29) is 5.54 Å². The molecular formula is C21H23N9. The average molecular weight is 401 g/mol. The Labute approximate surface area is 174 Å². The van der Waals surface area contributed by atoms with Gasteiger partial charge in [0.1, 0.15) is 5.54 Å². The summed E-state index contributed by atoms with van der Waals surface area (Å²) in [6, 6.07) is 4.30. The topological polar surface area (TPSA) is 92.9 Å². The molecule has 1 aliphatic rings. The molecule has 9 heteroatoms. The molecule has 0 spiro atoms. The maximum atomic E-state index is 9.40. The van der Waals surface area contributed by atoms with Gasteiger partial charge in [-0.05, 0) is 19.0 Å². The molecule has 0 aliphatic carbocycles. The summed E-state index contributed by atoms with van der Waals surface area (Å²) in [6.07, 6.45) is 12.8. The lowest BCUT2D eigenvalue weighted by Gasteiger charge is -2.49. The maximum absolute atomic E-state index is 9.40. The summed E-state index contributed by atoms with van der Waals surface area (Å²) in [4.78, 5) is 7.28. The Bertz CT molecular complexity index is 1230. The highest BCUT2D eigenvalue weighted by Gasteiger charge is 2.44. The van der Waals surface area contributed by atoms with E-state index in [2.05, 4.69) is 33.2 Å². The molecule has 9 nitrogen and oxygen atoms in total. The molecule has 4 aromatic rings. The van der Waals surface area contributed by atoms with Crippen molar-refractivity contribution in [3.05, 3.63) is 43.2 Å². The number of hydrogen-bond donors (Lipinski definition) is 0. The number of hydrogen-bond acceptors (Lipinski definition) is 6. The molecular weight excluding hydrogens is 378 g/mol. The van der Waals surface area contributed by atoms with Gasteiger partial charge in [0, 0.05) is 43.7 Å². The van der Waals surface area contributed by atoms with Gasteiger partial charge in [-0.2, -0.15) is 20.6 Å². The maximum Gasteiger partial charge on any atom is 0.101 e. The minimum atomic E-state index is -0.264. The predicted octanol–water partition coefficient (Wildman–Crippen LogP) is 2.33. The Hall–Kier alpha value is -3.51. The van der Waals surface area contributed by atoms with Crippen LogP contribution in [0.5, 0.6) is 0 Å². The van der Waals surface area contributed by atoms with E-state index in [1.807, 2.05) is 47.1 Å². The summed E-state index contributed by atoms with van der Waals surface area (Å²) < 4.78 is 5.55. The molecule has 5 rings (SSSR count). The number of fused-ring (bicyclic) bond motifs is 1. The van der Waals surface area contributed by atoms with Gasteiger partial charge in [-0.3, -0.25) is 14.3 Å². The first-order valence-corrected chi connectivity index (χ1v) is 10.1. The Morgan fingerprint density at radius 1 is 1.10 bits per heavy atom. The van der Waals surface area contributed by atoms with E-state index in [9.17, 15) is 5.26 Å². The predicted molar refractivity (Wildman–Crippen MR) is 111 cm³/mol. The fourth-order valence-corrected chi connectivity index (χ4v) is 4.28. The van der Waals surface area contributed by atoms with E-state index in [1.54, 1.807) is 17.1 Å². The molecule has 0 radical (unpaired) electrons. The van der Waals surface area contributed by atoms with Crippen molar-refractivity contribution in [1.29, 1.82) is 5.26 Å². The minimum absolute atomic E-state index is 0.264. The number of nitriles is 1. The third kappa shape index (κ3) is 2.97. The lowest BCUT2D eigenvalue weighted by atomic mass is 9.86. The molecule has 1 fully saturated rings. The summed E-state index contributed by atoms with van der Waals surface area (Å²) >= 11 is 0. The second-order valence-corrected chi connectivity index (χ2v) is 7.98. The van der Waals surface area contributed by atoms with Crippen LogP contribution in [0.1, 0.15) is 19.8 Å². The summed E-state index contributed by atoms with van der Waals surface area (Å²) in [5, 5.41) is 22.7. The summed E-state index contributed by atoms with van der Waals surface area (Å²) in [5.74, 6) is 0. The Morgan fingerprint density at radius 2 is 1.93 bits per heavy atom. The third-order valence-corrected chi connectivity index (χ3v) is 5.72. The first-order chi connectivity index (χ1) is 14.6. The molecule has 1 saturated heterocycles. The van der Waals surface area contributed by atoms with Crippen molar-refractivity contribution in [2.75, 3.05) is 19.6 Å². The van der Waals surface area contributed by atoms with Gasteiger partial charge in [-0.25, -0.2) is 9.50 Å². The number of rotatable bonds is 6. The Morgan fingerprint density at radius 3 is 2.67 bits per heavy atom. The fourth-order valence-electron chi connectivity index (χ4n) is 4.28. The van der Waals surface area contributed by atoms with Gasteiger partial charge in [0.25, 0.3) is 0 Å². The van der Waals surface area contributed by atoms with E-state index >= 15 is 0 Å². The van der Waals surface area contributed by atoms with Crippen LogP contribution >= 0.6 is 0 Å². The van der Waals surface area contributed by atoms with Crippen LogP contribution in [-0.2, 0) is 12.6 Å². The largest absolute Gasteiger partial charge is 0.298 e. The lowest BCUT2D eigenvalue weighted by molar-refractivity contribution is 0.00557. The number of aromatic nitrogens is 7. The zero-order chi connectivity index (χ0) is 20.7. The highest BCUT2D eigenvalue weighted by molar-refractivity contribution is 5.78. The highest BCUT2D eigenvalue weighted by atomic mass is 15.4. The SMILES string of the molecule is CCCN1CC(CC#N)(n2cc(-c3nc(-c4cnn(C)c4)cn4nccc34)cn2)C1. The zero-order valence-corrected chi connectivity index (χ0v) is 17.1. The normalized spacial score (nSPS) is 15.9. The molecule has 152 valence electrons. The van der Waals surface area contributed by atoms with Crippen LogP contribution < -0.4 is 0 Å². The van der Waals surface area contributed by atoms with Crippen molar-refractivity contribution < 1.29 is 0 Å². The van der Waals surface area contributed by atoms with Crippen LogP contribution in [0.2, 0.25) is 0 Å². The summed E-state index contributed by atoms with van der Waals surface area (Å²) in [6.45, 7) is 4.92. The fraction of sp³-hybridized carbons (Fsp3) is 0.381. The standard InChI is InChI=1S/C21H23N9/c1-3-8-28-14-21(15-28,5-6-22)30-12-17(10-25-30)20-19-4-7-23-29(19)13-18(26-20)16-9-24-27(2)11-16/h4,7,9-13H,3,5,8,14-15H2,1-2H3. The monoisotopic (exact) mass is 401 g/mol. The second-order valence-electron chi connectivity index (χ2n) is 7.98. The summed E-state index contributed by atoms with van der Waals surface area (Å²) in [7, 11) is 1.88. The number of likely N-dealkylation sites (tertiary alicyclic amines) is 1. The van der Waals surface area contributed by atoms with Gasteiger partial charge in [-0.15, -0.1) is 0 Å². The zero-order valence-electron chi connectivity index (χ0n) is 17.1.